The van der Waals surface area contributed by atoms with Gasteiger partial charge in [-0.15, -0.1) is 5.10 Å². The second-order valence-electron chi connectivity index (χ2n) is 5.28. The van der Waals surface area contributed by atoms with Crippen molar-refractivity contribution >= 4 is 23.6 Å². The number of hydrogen-bond acceptors (Lipinski definition) is 6. The van der Waals surface area contributed by atoms with Crippen LogP contribution in [0.15, 0.2) is 36.7 Å². The summed E-state index contributed by atoms with van der Waals surface area (Å²) >= 11 is 6.21. The number of anilines is 1. The van der Waals surface area contributed by atoms with E-state index in [-0.39, 0.29) is 0 Å². The maximum Gasteiger partial charge on any atom is 0.243 e. The fourth-order valence-corrected chi connectivity index (χ4v) is 2.77. The summed E-state index contributed by atoms with van der Waals surface area (Å²) in [5.74, 6) is 0.432. The molecule has 0 fully saturated rings. The first-order chi connectivity index (χ1) is 11.8. The number of nitrogens with zero attached hydrogens (tertiary/aromatic N) is 4. The summed E-state index contributed by atoms with van der Waals surface area (Å²) in [6.07, 6.45) is 5.51. The van der Waals surface area contributed by atoms with Gasteiger partial charge in [-0.3, -0.25) is 5.10 Å². The largest absolute Gasteiger partial charge is 0.385 e. The maximum atomic E-state index is 6.21. The first-order valence-electron chi connectivity index (χ1n) is 7.46. The molecule has 120 valence electrons. The van der Waals surface area contributed by atoms with Crippen LogP contribution in [0.4, 0.5) is 5.95 Å². The lowest BCUT2D eigenvalue weighted by atomic mass is 10.1. The molecule has 0 amide bonds. The van der Waals surface area contributed by atoms with Crippen LogP contribution in [0.5, 0.6) is 0 Å². The Bertz CT molecular complexity index is 903. The zero-order chi connectivity index (χ0) is 16.4. The summed E-state index contributed by atoms with van der Waals surface area (Å²) in [4.78, 5) is 4.48. The van der Waals surface area contributed by atoms with Crippen molar-refractivity contribution in [2.75, 3.05) is 5.32 Å². The molecule has 0 bridgehead atoms. The first kappa shape index (κ1) is 14.6. The van der Waals surface area contributed by atoms with E-state index in [1.165, 1.54) is 0 Å². The summed E-state index contributed by atoms with van der Waals surface area (Å²) in [6, 6.07) is 7.51. The van der Waals surface area contributed by atoms with Crippen molar-refractivity contribution in [3.05, 3.63) is 58.6 Å². The third kappa shape index (κ3) is 2.81. The molecule has 8 heteroatoms. The Kier molecular flexibility index (Phi) is 3.84. The Balaban J connectivity index is 1.54. The fraction of sp³-hybridized carbons (Fsp3) is 0.125. The Morgan fingerprint density at radius 2 is 2.17 bits per heavy atom. The molecule has 4 rings (SSSR count). The molecule has 0 radical (unpaired) electrons. The molecule has 3 heterocycles. The van der Waals surface area contributed by atoms with Crippen molar-refractivity contribution in [2.45, 2.75) is 13.1 Å². The van der Waals surface area contributed by atoms with Gasteiger partial charge in [-0.1, -0.05) is 29.8 Å². The summed E-state index contributed by atoms with van der Waals surface area (Å²) < 4.78 is 0. The highest BCUT2D eigenvalue weighted by atomic mass is 35.5. The van der Waals surface area contributed by atoms with E-state index in [1.807, 2.05) is 36.5 Å². The average molecular weight is 340 g/mol. The van der Waals surface area contributed by atoms with Crippen LogP contribution in [-0.4, -0.2) is 25.4 Å². The molecule has 0 spiro atoms. The van der Waals surface area contributed by atoms with Crippen LogP contribution in [0.25, 0.3) is 17.3 Å². The lowest BCUT2D eigenvalue weighted by Gasteiger charge is -2.08. The number of rotatable bonds is 4. The summed E-state index contributed by atoms with van der Waals surface area (Å²) in [7, 11) is 0. The van der Waals surface area contributed by atoms with Crippen molar-refractivity contribution < 1.29 is 0 Å². The predicted octanol–water partition coefficient (Wildman–Crippen LogP) is 2.60. The van der Waals surface area contributed by atoms with E-state index in [0.29, 0.717) is 23.2 Å². The van der Waals surface area contributed by atoms with Crippen LogP contribution in [0.3, 0.4) is 0 Å². The molecule has 0 unspecified atom stereocenters. The molecular weight excluding hydrogens is 326 g/mol. The van der Waals surface area contributed by atoms with Gasteiger partial charge in [-0.2, -0.15) is 10.2 Å². The highest BCUT2D eigenvalue weighted by Crippen LogP contribution is 2.25. The lowest BCUT2D eigenvalue weighted by molar-refractivity contribution is 0.816. The van der Waals surface area contributed by atoms with Gasteiger partial charge in [0.15, 0.2) is 0 Å². The Morgan fingerprint density at radius 3 is 3.08 bits per heavy atom. The number of aromatic nitrogens is 5. The van der Waals surface area contributed by atoms with Crippen LogP contribution in [-0.2, 0) is 13.1 Å². The van der Waals surface area contributed by atoms with Crippen LogP contribution < -0.4 is 10.6 Å². The van der Waals surface area contributed by atoms with E-state index < -0.39 is 0 Å². The standard InChI is InChI=1S/C16H14ClN7/c17-12-4-2-1-3-10(12)13-9-20-24-16(21-13)19-8-15-11-5-6-18-7-14(11)22-23-15/h1-6,9,18H,7-8H2,(H,22,23)(H,19,21,24). The Morgan fingerprint density at radius 1 is 1.25 bits per heavy atom. The van der Waals surface area contributed by atoms with Crippen molar-refractivity contribution in [3.63, 3.8) is 0 Å². The normalized spacial score (nSPS) is 12.5. The quantitative estimate of drug-likeness (QED) is 0.676. The highest BCUT2D eigenvalue weighted by Gasteiger charge is 2.13. The number of H-pyrrole nitrogens is 1. The second-order valence-corrected chi connectivity index (χ2v) is 5.68. The number of halogens is 1. The minimum Gasteiger partial charge on any atom is -0.385 e. The molecule has 1 aliphatic heterocycles. The molecule has 0 saturated carbocycles. The van der Waals surface area contributed by atoms with Gasteiger partial charge < -0.3 is 10.6 Å². The smallest absolute Gasteiger partial charge is 0.243 e. The van der Waals surface area contributed by atoms with Gasteiger partial charge >= 0.3 is 0 Å². The van der Waals surface area contributed by atoms with E-state index in [0.717, 1.165) is 29.1 Å². The van der Waals surface area contributed by atoms with Crippen LogP contribution >= 0.6 is 11.6 Å². The van der Waals surface area contributed by atoms with Gasteiger partial charge in [0.25, 0.3) is 0 Å². The molecule has 7 nitrogen and oxygen atoms in total. The highest BCUT2D eigenvalue weighted by molar-refractivity contribution is 6.33. The van der Waals surface area contributed by atoms with Crippen molar-refractivity contribution in [3.8, 4) is 11.3 Å². The van der Waals surface area contributed by atoms with E-state index >= 15 is 0 Å². The molecule has 2 aromatic heterocycles. The summed E-state index contributed by atoms with van der Waals surface area (Å²) in [5, 5.41) is 22.3. The SMILES string of the molecule is Clc1ccccc1-c1cnnc(NCc2n[nH]c3c2C=CNC3)n1. The number of fused-ring (bicyclic) bond motifs is 1. The Hall–Kier alpha value is -2.93. The molecule has 0 saturated heterocycles. The fourth-order valence-electron chi connectivity index (χ4n) is 2.54. The molecule has 0 aliphatic carbocycles. The van der Waals surface area contributed by atoms with Crippen molar-refractivity contribution in [1.82, 2.24) is 30.7 Å². The zero-order valence-electron chi connectivity index (χ0n) is 12.6. The maximum absolute atomic E-state index is 6.21. The van der Waals surface area contributed by atoms with Crippen LogP contribution in [0.1, 0.15) is 17.0 Å². The molecule has 0 atom stereocenters. The zero-order valence-corrected chi connectivity index (χ0v) is 13.4. The Labute approximate surface area is 143 Å². The second kappa shape index (κ2) is 6.29. The summed E-state index contributed by atoms with van der Waals surface area (Å²) in [6.45, 7) is 1.25. The topological polar surface area (TPSA) is 91.4 Å². The monoisotopic (exact) mass is 339 g/mol. The number of benzene rings is 1. The predicted molar refractivity (Wildman–Crippen MR) is 92.1 cm³/mol. The van der Waals surface area contributed by atoms with Crippen molar-refractivity contribution in [1.29, 1.82) is 0 Å². The minimum absolute atomic E-state index is 0.432. The molecule has 24 heavy (non-hydrogen) atoms. The molecule has 3 N–H and O–H groups in total. The number of hydrogen-bond donors (Lipinski definition) is 3. The molecule has 3 aromatic rings. The number of aromatic amines is 1. The van der Waals surface area contributed by atoms with Gasteiger partial charge in [-0.05, 0) is 18.3 Å². The van der Waals surface area contributed by atoms with Crippen LogP contribution in [0.2, 0.25) is 5.02 Å². The van der Waals surface area contributed by atoms with Gasteiger partial charge in [0.2, 0.25) is 5.95 Å². The van der Waals surface area contributed by atoms with Crippen molar-refractivity contribution in [2.24, 2.45) is 0 Å². The van der Waals surface area contributed by atoms with Gasteiger partial charge in [0.1, 0.15) is 0 Å². The minimum atomic E-state index is 0.432. The van der Waals surface area contributed by atoms with Gasteiger partial charge in [0.05, 0.1) is 41.4 Å². The van der Waals surface area contributed by atoms with E-state index in [9.17, 15) is 0 Å². The number of nitrogens with one attached hydrogen (secondary N) is 3. The van der Waals surface area contributed by atoms with E-state index in [1.54, 1.807) is 6.20 Å². The molecule has 1 aromatic carbocycles. The lowest BCUT2D eigenvalue weighted by Crippen LogP contribution is -2.11. The first-order valence-corrected chi connectivity index (χ1v) is 7.83. The third-order valence-electron chi connectivity index (χ3n) is 3.73. The molecule has 1 aliphatic rings. The molecular formula is C16H14ClN7. The van der Waals surface area contributed by atoms with Gasteiger partial charge in [0, 0.05) is 11.1 Å². The van der Waals surface area contributed by atoms with Crippen LogP contribution in [0, 0.1) is 0 Å². The summed E-state index contributed by atoms with van der Waals surface area (Å²) in [5.41, 5.74) is 4.57. The third-order valence-corrected chi connectivity index (χ3v) is 4.06. The van der Waals surface area contributed by atoms with E-state index in [4.69, 9.17) is 11.6 Å². The average Bonchev–Trinajstić information content (AvgIpc) is 3.04. The van der Waals surface area contributed by atoms with Gasteiger partial charge in [-0.25, -0.2) is 4.98 Å². The van der Waals surface area contributed by atoms with E-state index in [2.05, 4.69) is 36.0 Å².